The summed E-state index contributed by atoms with van der Waals surface area (Å²) in [5.41, 5.74) is 6.33. The highest BCUT2D eigenvalue weighted by atomic mass is 32.3. The quantitative estimate of drug-likeness (QED) is 0.523. The van der Waals surface area contributed by atoms with E-state index in [0.717, 1.165) is 10.9 Å². The molecule has 1 aromatic carbocycles. The SMILES string of the molecule is Nc1cc2cc(F)ccc2[nH]1.O=S(=O)(O)O. The molecule has 0 spiro atoms. The Labute approximate surface area is 90.5 Å². The number of benzene rings is 1. The fraction of sp³-hybridized carbons (Fsp3) is 0. The minimum atomic E-state index is -4.67. The maximum absolute atomic E-state index is 12.6. The van der Waals surface area contributed by atoms with Crippen LogP contribution in [0.15, 0.2) is 24.3 Å². The molecule has 0 aliphatic rings. The van der Waals surface area contributed by atoms with Crippen LogP contribution in [0.3, 0.4) is 0 Å². The normalized spacial score (nSPS) is 10.9. The Morgan fingerprint density at radius 1 is 1.25 bits per heavy atom. The van der Waals surface area contributed by atoms with Gasteiger partial charge in [-0.05, 0) is 24.3 Å². The van der Waals surface area contributed by atoms with Gasteiger partial charge in [0.05, 0.1) is 0 Å². The summed E-state index contributed by atoms with van der Waals surface area (Å²) in [5, 5.41) is 0.808. The molecule has 0 bridgehead atoms. The lowest BCUT2D eigenvalue weighted by Crippen LogP contribution is -1.89. The van der Waals surface area contributed by atoms with E-state index >= 15 is 0 Å². The molecule has 5 N–H and O–H groups in total. The van der Waals surface area contributed by atoms with Crippen molar-refractivity contribution in [2.45, 2.75) is 0 Å². The molecule has 88 valence electrons. The summed E-state index contributed by atoms with van der Waals surface area (Å²) in [7, 11) is -4.67. The second kappa shape index (κ2) is 4.47. The molecule has 2 rings (SSSR count). The predicted octanol–water partition coefficient (Wildman–Crippen LogP) is 1.24. The first-order valence-electron chi connectivity index (χ1n) is 3.99. The molecule has 0 aliphatic carbocycles. The highest BCUT2D eigenvalue weighted by Gasteiger charge is 1.97. The van der Waals surface area contributed by atoms with Gasteiger partial charge in [0.1, 0.15) is 11.6 Å². The zero-order valence-electron chi connectivity index (χ0n) is 7.88. The molecule has 0 saturated carbocycles. The van der Waals surface area contributed by atoms with Crippen LogP contribution in [0.25, 0.3) is 10.9 Å². The van der Waals surface area contributed by atoms with Crippen LogP contribution < -0.4 is 5.73 Å². The molecule has 0 radical (unpaired) electrons. The van der Waals surface area contributed by atoms with Gasteiger partial charge in [0, 0.05) is 10.9 Å². The van der Waals surface area contributed by atoms with Gasteiger partial charge in [-0.25, -0.2) is 4.39 Å². The highest BCUT2D eigenvalue weighted by molar-refractivity contribution is 7.79. The molecule has 1 heterocycles. The van der Waals surface area contributed by atoms with Crippen LogP contribution in [0.4, 0.5) is 10.2 Å². The van der Waals surface area contributed by atoms with E-state index in [-0.39, 0.29) is 5.82 Å². The van der Waals surface area contributed by atoms with Crippen molar-refractivity contribution in [1.29, 1.82) is 0 Å². The van der Waals surface area contributed by atoms with Crippen LogP contribution >= 0.6 is 0 Å². The minimum absolute atomic E-state index is 0.239. The number of nitrogens with one attached hydrogen (secondary N) is 1. The van der Waals surface area contributed by atoms with Gasteiger partial charge in [-0.15, -0.1) is 0 Å². The van der Waals surface area contributed by atoms with Gasteiger partial charge >= 0.3 is 10.4 Å². The van der Waals surface area contributed by atoms with Crippen molar-refractivity contribution >= 4 is 27.1 Å². The third kappa shape index (κ3) is 4.26. The number of aromatic amines is 1. The van der Waals surface area contributed by atoms with Gasteiger partial charge in [0.2, 0.25) is 0 Å². The summed E-state index contributed by atoms with van der Waals surface area (Å²) in [6.07, 6.45) is 0. The van der Waals surface area contributed by atoms with E-state index in [1.54, 1.807) is 12.1 Å². The van der Waals surface area contributed by atoms with Crippen molar-refractivity contribution in [2.75, 3.05) is 5.73 Å². The number of anilines is 1. The van der Waals surface area contributed by atoms with Crippen LogP contribution in [0, 0.1) is 5.82 Å². The summed E-state index contributed by atoms with van der Waals surface area (Å²) in [6, 6.07) is 6.22. The number of halogens is 1. The highest BCUT2D eigenvalue weighted by Crippen LogP contribution is 2.17. The minimum Gasteiger partial charge on any atom is -0.385 e. The maximum Gasteiger partial charge on any atom is 0.394 e. The van der Waals surface area contributed by atoms with Crippen LogP contribution in [0.5, 0.6) is 0 Å². The molecule has 16 heavy (non-hydrogen) atoms. The van der Waals surface area contributed by atoms with Gasteiger partial charge in [-0.3, -0.25) is 9.11 Å². The summed E-state index contributed by atoms with van der Waals surface area (Å²) in [6.45, 7) is 0. The van der Waals surface area contributed by atoms with E-state index in [4.69, 9.17) is 23.3 Å². The molecular weight excluding hydrogens is 239 g/mol. The lowest BCUT2D eigenvalue weighted by atomic mass is 10.2. The fourth-order valence-electron chi connectivity index (χ4n) is 1.13. The van der Waals surface area contributed by atoms with Crippen LogP contribution in [0.1, 0.15) is 0 Å². The van der Waals surface area contributed by atoms with Gasteiger partial charge in [-0.2, -0.15) is 8.42 Å². The lowest BCUT2D eigenvalue weighted by Gasteiger charge is -1.87. The monoisotopic (exact) mass is 248 g/mol. The van der Waals surface area contributed by atoms with Gasteiger partial charge in [0.25, 0.3) is 0 Å². The van der Waals surface area contributed by atoms with E-state index in [0.29, 0.717) is 5.82 Å². The molecule has 0 amide bonds. The standard InChI is InChI=1S/C8H7FN2.H2O4S/c9-6-1-2-7-5(3-6)4-8(10)11-7;1-5(2,3)4/h1-4,11H,10H2;(H2,1,2,3,4). The average Bonchev–Trinajstić information content (AvgIpc) is 2.40. The van der Waals surface area contributed by atoms with Crippen LogP contribution in [-0.4, -0.2) is 22.5 Å². The Kier molecular flexibility index (Phi) is 3.48. The molecule has 0 fully saturated rings. The number of hydrogen-bond donors (Lipinski definition) is 4. The Balaban J connectivity index is 0.000000221. The van der Waals surface area contributed by atoms with Crippen molar-refractivity contribution in [3.63, 3.8) is 0 Å². The van der Waals surface area contributed by atoms with Crippen molar-refractivity contribution < 1.29 is 21.9 Å². The number of H-pyrrole nitrogens is 1. The number of rotatable bonds is 0. The smallest absolute Gasteiger partial charge is 0.385 e. The van der Waals surface area contributed by atoms with Crippen LogP contribution in [0.2, 0.25) is 0 Å². The number of nitrogens with two attached hydrogens (primary N) is 1. The molecule has 6 nitrogen and oxygen atoms in total. The third-order valence-corrected chi connectivity index (χ3v) is 1.60. The first-order valence-corrected chi connectivity index (χ1v) is 5.39. The predicted molar refractivity (Wildman–Crippen MR) is 56.8 cm³/mol. The van der Waals surface area contributed by atoms with Crippen molar-refractivity contribution in [2.24, 2.45) is 0 Å². The Morgan fingerprint density at radius 2 is 1.81 bits per heavy atom. The summed E-state index contributed by atoms with van der Waals surface area (Å²) in [5.74, 6) is 0.321. The molecule has 0 atom stereocenters. The number of hydrogen-bond acceptors (Lipinski definition) is 3. The summed E-state index contributed by atoms with van der Waals surface area (Å²) in [4.78, 5) is 2.90. The average molecular weight is 248 g/mol. The van der Waals surface area contributed by atoms with E-state index < -0.39 is 10.4 Å². The van der Waals surface area contributed by atoms with Crippen molar-refractivity contribution in [3.05, 3.63) is 30.1 Å². The van der Waals surface area contributed by atoms with E-state index in [2.05, 4.69) is 4.98 Å². The first-order chi connectivity index (χ1) is 7.25. The zero-order valence-corrected chi connectivity index (χ0v) is 8.70. The van der Waals surface area contributed by atoms with E-state index in [1.165, 1.54) is 12.1 Å². The van der Waals surface area contributed by atoms with E-state index in [1.807, 2.05) is 0 Å². The molecule has 0 saturated heterocycles. The first kappa shape index (κ1) is 12.4. The zero-order chi connectivity index (χ0) is 12.3. The number of aromatic nitrogens is 1. The Morgan fingerprint density at radius 3 is 2.38 bits per heavy atom. The van der Waals surface area contributed by atoms with Gasteiger partial charge in [-0.1, -0.05) is 0 Å². The molecule has 0 unspecified atom stereocenters. The fourth-order valence-corrected chi connectivity index (χ4v) is 1.13. The number of nitrogen functional groups attached to an aromatic ring is 1. The van der Waals surface area contributed by atoms with Crippen LogP contribution in [-0.2, 0) is 10.4 Å². The Bertz CT molecular complexity index is 585. The number of fused-ring (bicyclic) bond motifs is 1. The lowest BCUT2D eigenvalue weighted by molar-refractivity contribution is 0.381. The summed E-state index contributed by atoms with van der Waals surface area (Å²) < 4.78 is 44.2. The van der Waals surface area contributed by atoms with E-state index in [9.17, 15) is 4.39 Å². The van der Waals surface area contributed by atoms with Gasteiger partial charge < -0.3 is 10.7 Å². The second-order valence-corrected chi connectivity index (χ2v) is 3.80. The van der Waals surface area contributed by atoms with Gasteiger partial charge in [0.15, 0.2) is 0 Å². The molecule has 2 aromatic rings. The van der Waals surface area contributed by atoms with Crippen molar-refractivity contribution in [3.8, 4) is 0 Å². The Hall–Kier alpha value is -1.64. The third-order valence-electron chi connectivity index (χ3n) is 1.60. The maximum atomic E-state index is 12.6. The second-order valence-electron chi connectivity index (χ2n) is 2.90. The summed E-state index contributed by atoms with van der Waals surface area (Å²) >= 11 is 0. The molecular formula is C8H9FN2O4S. The van der Waals surface area contributed by atoms with Crippen molar-refractivity contribution in [1.82, 2.24) is 4.98 Å². The molecule has 8 heteroatoms. The largest absolute Gasteiger partial charge is 0.394 e. The molecule has 0 aliphatic heterocycles. The molecule has 1 aromatic heterocycles. The topological polar surface area (TPSA) is 116 Å².